The van der Waals surface area contributed by atoms with Crippen LogP contribution in [-0.4, -0.2) is 37.1 Å². The van der Waals surface area contributed by atoms with E-state index in [-0.39, 0.29) is 12.1 Å². The first-order chi connectivity index (χ1) is 9.58. The van der Waals surface area contributed by atoms with E-state index in [1.54, 1.807) is 11.3 Å². The molecule has 1 unspecified atom stereocenters. The molecule has 1 N–H and O–H groups in total. The average Bonchev–Trinajstić information content (AvgIpc) is 2.96. The summed E-state index contributed by atoms with van der Waals surface area (Å²) in [6.07, 6.45) is 0.937. The first-order valence-electron chi connectivity index (χ1n) is 7.25. The number of nitrogens with zero attached hydrogens (tertiary/aromatic N) is 1. The molecule has 1 aromatic heterocycles. The lowest BCUT2D eigenvalue weighted by Crippen LogP contribution is -2.31. The highest BCUT2D eigenvalue weighted by Gasteiger charge is 2.31. The van der Waals surface area contributed by atoms with Crippen LogP contribution in [0, 0.1) is 12.8 Å². The Morgan fingerprint density at radius 3 is 2.95 bits per heavy atom. The van der Waals surface area contributed by atoms with Crippen LogP contribution >= 0.6 is 11.3 Å². The molecule has 0 radical (unpaired) electrons. The molecular weight excluding hydrogens is 272 g/mol. The van der Waals surface area contributed by atoms with Gasteiger partial charge < -0.3 is 9.64 Å². The van der Waals surface area contributed by atoms with E-state index in [2.05, 4.69) is 38.2 Å². The van der Waals surface area contributed by atoms with E-state index in [0.29, 0.717) is 12.5 Å². The van der Waals surface area contributed by atoms with Crippen LogP contribution in [0.4, 0.5) is 0 Å². The minimum absolute atomic E-state index is 0.0475. The fourth-order valence-electron chi connectivity index (χ4n) is 2.30. The largest absolute Gasteiger partial charge is 0.381 e. The minimum atomic E-state index is 0.0475. The highest BCUT2D eigenvalue weighted by Crippen LogP contribution is 2.28. The monoisotopic (exact) mass is 296 g/mol. The molecule has 1 saturated heterocycles. The Morgan fingerprint density at radius 2 is 2.30 bits per heavy atom. The Balaban J connectivity index is 1.83. The zero-order chi connectivity index (χ0) is 14.5. The van der Waals surface area contributed by atoms with Gasteiger partial charge in [0.25, 0.3) is 0 Å². The van der Waals surface area contributed by atoms with Crippen molar-refractivity contribution in [2.75, 3.05) is 26.3 Å². The van der Waals surface area contributed by atoms with Crippen LogP contribution in [0.15, 0.2) is 12.1 Å². The van der Waals surface area contributed by atoms with Crippen LogP contribution < -0.4 is 5.32 Å². The van der Waals surface area contributed by atoms with E-state index in [0.717, 1.165) is 26.2 Å². The van der Waals surface area contributed by atoms with Gasteiger partial charge in [-0.05, 0) is 31.4 Å². The number of ether oxygens (including phenoxy) is 1. The van der Waals surface area contributed by atoms with Crippen molar-refractivity contribution in [2.24, 2.45) is 5.92 Å². The molecule has 1 fully saturated rings. The molecule has 0 bridgehead atoms. The molecule has 0 spiro atoms. The molecule has 0 aromatic carbocycles. The third kappa shape index (κ3) is 4.04. The molecular formula is C15H24N2O2S. The smallest absolute Gasteiger partial charge is 0.238 e. The van der Waals surface area contributed by atoms with Crippen molar-refractivity contribution in [3.8, 4) is 0 Å². The average molecular weight is 296 g/mol. The molecule has 1 amide bonds. The van der Waals surface area contributed by atoms with E-state index in [1.165, 1.54) is 9.75 Å². The van der Waals surface area contributed by atoms with Crippen molar-refractivity contribution in [3.63, 3.8) is 0 Å². The summed E-state index contributed by atoms with van der Waals surface area (Å²) in [5.41, 5.74) is 0. The maximum Gasteiger partial charge on any atom is 0.238 e. The maximum atomic E-state index is 12.0. The number of aryl methyl sites for hydroxylation is 1. The van der Waals surface area contributed by atoms with Crippen molar-refractivity contribution in [1.82, 2.24) is 10.2 Å². The Bertz CT molecular complexity index is 445. The van der Waals surface area contributed by atoms with Gasteiger partial charge in [-0.3, -0.25) is 10.1 Å². The van der Waals surface area contributed by atoms with Gasteiger partial charge in [0.15, 0.2) is 0 Å². The molecule has 2 rings (SSSR count). The van der Waals surface area contributed by atoms with Crippen LogP contribution in [0.1, 0.15) is 36.2 Å². The van der Waals surface area contributed by atoms with Crippen LogP contribution in [0.25, 0.3) is 0 Å². The van der Waals surface area contributed by atoms with Gasteiger partial charge in [-0.2, -0.15) is 0 Å². The second-order valence-corrected chi connectivity index (χ2v) is 6.96. The number of amides is 1. The van der Waals surface area contributed by atoms with E-state index < -0.39 is 0 Å². The Kier molecular flexibility index (Phi) is 5.57. The fourth-order valence-corrected chi connectivity index (χ4v) is 3.27. The number of hydrogen-bond acceptors (Lipinski definition) is 4. The summed E-state index contributed by atoms with van der Waals surface area (Å²) in [6.45, 7) is 9.08. The zero-order valence-electron chi connectivity index (χ0n) is 12.5. The highest BCUT2D eigenvalue weighted by molar-refractivity contribution is 7.12. The van der Waals surface area contributed by atoms with Gasteiger partial charge in [-0.1, -0.05) is 13.8 Å². The number of nitrogens with one attached hydrogen (secondary N) is 1. The summed E-state index contributed by atoms with van der Waals surface area (Å²) in [6, 6.07) is 4.22. The van der Waals surface area contributed by atoms with E-state index >= 15 is 0 Å². The number of carbonyl (C=O) groups is 1. The first-order valence-corrected chi connectivity index (χ1v) is 8.06. The normalized spacial score (nSPS) is 19.3. The molecule has 1 atom stereocenters. The van der Waals surface area contributed by atoms with Gasteiger partial charge in [-0.25, -0.2) is 0 Å². The molecule has 5 heteroatoms. The number of thiophene rings is 1. The molecule has 0 aliphatic carbocycles. The molecule has 1 aromatic rings. The second kappa shape index (κ2) is 7.20. The van der Waals surface area contributed by atoms with Crippen molar-refractivity contribution in [1.29, 1.82) is 0 Å². The molecule has 4 nitrogen and oxygen atoms in total. The standard InChI is InChI=1S/C15H24N2O2S/c1-11(2)10-19-8-4-7-17-14(18)9-16-15(17)13-6-5-12(3)20-13/h5-6,11,15-16H,4,7-10H2,1-3H3. The van der Waals surface area contributed by atoms with Gasteiger partial charge >= 0.3 is 0 Å². The molecule has 0 saturated carbocycles. The molecule has 20 heavy (non-hydrogen) atoms. The number of hydrogen-bond donors (Lipinski definition) is 1. The van der Waals surface area contributed by atoms with Crippen LogP contribution in [0.3, 0.4) is 0 Å². The van der Waals surface area contributed by atoms with Gasteiger partial charge in [-0.15, -0.1) is 11.3 Å². The quantitative estimate of drug-likeness (QED) is 0.786. The third-order valence-corrected chi connectivity index (χ3v) is 4.30. The second-order valence-electron chi connectivity index (χ2n) is 5.64. The molecule has 1 aliphatic heterocycles. The van der Waals surface area contributed by atoms with Crippen LogP contribution in [0.5, 0.6) is 0 Å². The summed E-state index contributed by atoms with van der Waals surface area (Å²) in [7, 11) is 0. The number of rotatable bonds is 7. The predicted octanol–water partition coefficient (Wildman–Crippen LogP) is 2.55. The maximum absolute atomic E-state index is 12.0. The van der Waals surface area contributed by atoms with E-state index in [9.17, 15) is 4.79 Å². The third-order valence-electron chi connectivity index (χ3n) is 3.25. The lowest BCUT2D eigenvalue weighted by molar-refractivity contribution is -0.128. The molecule has 2 heterocycles. The lowest BCUT2D eigenvalue weighted by Gasteiger charge is -2.23. The van der Waals surface area contributed by atoms with Crippen LogP contribution in [-0.2, 0) is 9.53 Å². The first kappa shape index (κ1) is 15.5. The minimum Gasteiger partial charge on any atom is -0.381 e. The van der Waals surface area contributed by atoms with Crippen molar-refractivity contribution in [3.05, 3.63) is 21.9 Å². The van der Waals surface area contributed by atoms with Gasteiger partial charge in [0.1, 0.15) is 6.17 Å². The Hall–Kier alpha value is -0.910. The van der Waals surface area contributed by atoms with Crippen LogP contribution in [0.2, 0.25) is 0 Å². The van der Waals surface area contributed by atoms with Gasteiger partial charge in [0.2, 0.25) is 5.91 Å². The predicted molar refractivity (Wildman–Crippen MR) is 81.8 cm³/mol. The van der Waals surface area contributed by atoms with Crippen molar-refractivity contribution in [2.45, 2.75) is 33.4 Å². The fraction of sp³-hybridized carbons (Fsp3) is 0.667. The van der Waals surface area contributed by atoms with Crippen molar-refractivity contribution < 1.29 is 9.53 Å². The lowest BCUT2D eigenvalue weighted by atomic mass is 10.2. The molecule has 112 valence electrons. The van der Waals surface area contributed by atoms with Gasteiger partial charge in [0.05, 0.1) is 6.54 Å². The summed E-state index contributed by atoms with van der Waals surface area (Å²) in [5, 5.41) is 3.29. The highest BCUT2D eigenvalue weighted by atomic mass is 32.1. The van der Waals surface area contributed by atoms with E-state index in [4.69, 9.17) is 4.74 Å². The summed E-state index contributed by atoms with van der Waals surface area (Å²) in [4.78, 5) is 16.4. The summed E-state index contributed by atoms with van der Waals surface area (Å²) in [5.74, 6) is 0.747. The topological polar surface area (TPSA) is 41.6 Å². The number of carbonyl (C=O) groups excluding carboxylic acids is 1. The Morgan fingerprint density at radius 1 is 1.50 bits per heavy atom. The van der Waals surface area contributed by atoms with E-state index in [1.807, 2.05) is 4.90 Å². The summed E-state index contributed by atoms with van der Waals surface area (Å²) >= 11 is 1.75. The van der Waals surface area contributed by atoms with Crippen molar-refractivity contribution >= 4 is 17.2 Å². The van der Waals surface area contributed by atoms with Gasteiger partial charge in [0, 0.05) is 29.5 Å². The Labute approximate surface area is 125 Å². The summed E-state index contributed by atoms with van der Waals surface area (Å²) < 4.78 is 5.58. The molecule has 1 aliphatic rings. The zero-order valence-corrected chi connectivity index (χ0v) is 13.3. The SMILES string of the molecule is Cc1ccc(C2NCC(=O)N2CCCOCC(C)C)s1.